The van der Waals surface area contributed by atoms with Crippen LogP contribution in [0.2, 0.25) is 13.1 Å². The van der Waals surface area contributed by atoms with Gasteiger partial charge in [-0.05, 0) is 44.5 Å². The quantitative estimate of drug-likeness (QED) is 0.425. The average molecular weight is 274 g/mol. The van der Waals surface area contributed by atoms with E-state index in [9.17, 15) is 0 Å². The molecule has 0 radical (unpaired) electrons. The summed E-state index contributed by atoms with van der Waals surface area (Å²) in [5.41, 5.74) is 0. The average Bonchev–Trinajstić information content (AvgIpc) is 2.96. The molecule has 102 valence electrons. The summed E-state index contributed by atoms with van der Waals surface area (Å²) in [7, 11) is -1.78. The van der Waals surface area contributed by atoms with E-state index in [1.165, 1.54) is 5.20 Å². The molecule has 2 rings (SSSR count). The number of rotatable bonds is 6. The third-order valence-electron chi connectivity index (χ3n) is 3.37. The van der Waals surface area contributed by atoms with Gasteiger partial charge in [-0.3, -0.25) is 0 Å². The molecule has 1 aliphatic rings. The fourth-order valence-corrected chi connectivity index (χ4v) is 4.84. The highest BCUT2D eigenvalue weighted by Crippen LogP contribution is 2.35. The lowest BCUT2D eigenvalue weighted by atomic mass is 10.1. The number of furan rings is 1. The summed E-state index contributed by atoms with van der Waals surface area (Å²) in [5, 5.41) is 1.30. The van der Waals surface area contributed by atoms with Gasteiger partial charge in [-0.15, -0.1) is 0 Å². The Morgan fingerprint density at radius 3 is 2.95 bits per heavy atom. The molecule has 2 nitrogen and oxygen atoms in total. The van der Waals surface area contributed by atoms with Crippen molar-refractivity contribution in [1.29, 1.82) is 0 Å². The van der Waals surface area contributed by atoms with Crippen molar-refractivity contribution in [3.63, 3.8) is 0 Å². The fraction of sp³-hybridized carbons (Fsp3) is 0.375. The van der Waals surface area contributed by atoms with Gasteiger partial charge in [0.25, 0.3) is 0 Å². The summed E-state index contributed by atoms with van der Waals surface area (Å²) in [4.78, 5) is 0. The number of hydrogen-bond acceptors (Lipinski definition) is 2. The van der Waals surface area contributed by atoms with E-state index in [1.807, 2.05) is 24.3 Å². The molecule has 3 heteroatoms. The summed E-state index contributed by atoms with van der Waals surface area (Å²) in [6.07, 6.45) is 13.5. The minimum atomic E-state index is -1.78. The van der Waals surface area contributed by atoms with Crippen LogP contribution in [0.1, 0.15) is 25.0 Å². The van der Waals surface area contributed by atoms with Crippen LogP contribution < -0.4 is 0 Å². The Bertz CT molecular complexity index is 469. The number of hydrogen-bond donors (Lipinski definition) is 0. The van der Waals surface area contributed by atoms with Gasteiger partial charge in [0.15, 0.2) is 0 Å². The molecule has 1 unspecified atom stereocenters. The summed E-state index contributed by atoms with van der Waals surface area (Å²) in [5.74, 6) is 0.978. The smallest absolute Gasteiger partial charge is 0.222 e. The summed E-state index contributed by atoms with van der Waals surface area (Å²) >= 11 is 0. The third kappa shape index (κ3) is 3.58. The van der Waals surface area contributed by atoms with E-state index in [-0.39, 0.29) is 6.10 Å². The lowest BCUT2D eigenvalue weighted by molar-refractivity contribution is 0.243. The normalized spacial score (nSPS) is 21.8. The van der Waals surface area contributed by atoms with Crippen molar-refractivity contribution >= 4 is 13.5 Å². The summed E-state index contributed by atoms with van der Waals surface area (Å²) in [6.45, 7) is 8.14. The predicted octanol–water partition coefficient (Wildman–Crippen LogP) is 4.72. The van der Waals surface area contributed by atoms with Gasteiger partial charge in [-0.2, -0.15) is 0 Å². The van der Waals surface area contributed by atoms with Crippen molar-refractivity contribution in [2.24, 2.45) is 0 Å². The second-order valence-electron chi connectivity index (χ2n) is 5.32. The Balaban J connectivity index is 1.94. The first kappa shape index (κ1) is 14.1. The molecule has 0 saturated heterocycles. The predicted molar refractivity (Wildman–Crippen MR) is 82.2 cm³/mol. The van der Waals surface area contributed by atoms with Crippen LogP contribution in [0.4, 0.5) is 0 Å². The van der Waals surface area contributed by atoms with E-state index in [0.717, 1.165) is 25.0 Å². The first-order valence-electron chi connectivity index (χ1n) is 6.85. The molecule has 1 aromatic rings. The SMILES string of the molecule is C=C/C=C/CCCC1C=C(c2ccco2)[Si](C)(C)O1. The maximum atomic E-state index is 6.23. The van der Waals surface area contributed by atoms with E-state index in [0.29, 0.717) is 0 Å². The van der Waals surface area contributed by atoms with Crippen molar-refractivity contribution in [2.75, 3.05) is 0 Å². The lowest BCUT2D eigenvalue weighted by Gasteiger charge is -2.20. The Morgan fingerprint density at radius 2 is 2.26 bits per heavy atom. The van der Waals surface area contributed by atoms with E-state index in [2.05, 4.69) is 31.8 Å². The largest absolute Gasteiger partial charge is 0.465 e. The van der Waals surface area contributed by atoms with Gasteiger partial charge in [0.2, 0.25) is 8.32 Å². The topological polar surface area (TPSA) is 22.4 Å². The minimum Gasteiger partial charge on any atom is -0.465 e. The number of allylic oxidation sites excluding steroid dienone is 3. The van der Waals surface area contributed by atoms with Gasteiger partial charge in [-0.1, -0.05) is 30.9 Å². The molecule has 0 spiro atoms. The molecule has 2 heterocycles. The molecule has 1 aliphatic heterocycles. The Kier molecular flexibility index (Phi) is 4.61. The molecule has 1 aromatic heterocycles. The van der Waals surface area contributed by atoms with Crippen LogP contribution in [0.3, 0.4) is 0 Å². The van der Waals surface area contributed by atoms with Crippen LogP contribution in [-0.4, -0.2) is 14.4 Å². The van der Waals surface area contributed by atoms with Crippen molar-refractivity contribution < 1.29 is 8.84 Å². The minimum absolute atomic E-state index is 0.249. The Labute approximate surface area is 116 Å². The lowest BCUT2D eigenvalue weighted by Crippen LogP contribution is -2.30. The zero-order valence-electron chi connectivity index (χ0n) is 11.8. The number of unbranched alkanes of at least 4 members (excludes halogenated alkanes) is 1. The Morgan fingerprint density at radius 1 is 1.42 bits per heavy atom. The van der Waals surface area contributed by atoms with Crippen LogP contribution in [0.25, 0.3) is 5.20 Å². The van der Waals surface area contributed by atoms with Crippen LogP contribution in [-0.2, 0) is 4.43 Å². The van der Waals surface area contributed by atoms with Crippen molar-refractivity contribution in [2.45, 2.75) is 38.5 Å². The summed E-state index contributed by atoms with van der Waals surface area (Å²) < 4.78 is 11.8. The van der Waals surface area contributed by atoms with E-state index in [1.54, 1.807) is 6.26 Å². The van der Waals surface area contributed by atoms with Gasteiger partial charge in [0, 0.05) is 5.20 Å². The second-order valence-corrected chi connectivity index (χ2v) is 9.11. The van der Waals surface area contributed by atoms with Crippen LogP contribution in [0.15, 0.2) is 53.7 Å². The van der Waals surface area contributed by atoms with E-state index >= 15 is 0 Å². The first-order chi connectivity index (χ1) is 9.13. The van der Waals surface area contributed by atoms with Crippen LogP contribution in [0.5, 0.6) is 0 Å². The molecule has 0 saturated carbocycles. The molecular formula is C16H22O2Si. The van der Waals surface area contributed by atoms with Crippen molar-refractivity contribution in [3.05, 3.63) is 55.0 Å². The van der Waals surface area contributed by atoms with Crippen LogP contribution >= 0.6 is 0 Å². The molecule has 0 amide bonds. The molecule has 0 aliphatic carbocycles. The summed E-state index contributed by atoms with van der Waals surface area (Å²) in [6, 6.07) is 3.97. The van der Waals surface area contributed by atoms with Crippen molar-refractivity contribution in [3.8, 4) is 0 Å². The maximum Gasteiger partial charge on any atom is 0.222 e. The maximum absolute atomic E-state index is 6.23. The first-order valence-corrected chi connectivity index (χ1v) is 9.76. The molecule has 1 atom stereocenters. The van der Waals surface area contributed by atoms with Gasteiger partial charge in [-0.25, -0.2) is 0 Å². The second kappa shape index (κ2) is 6.22. The highest BCUT2D eigenvalue weighted by Gasteiger charge is 2.38. The molecule has 0 bridgehead atoms. The van der Waals surface area contributed by atoms with E-state index < -0.39 is 8.32 Å². The third-order valence-corrected chi connectivity index (χ3v) is 5.97. The van der Waals surface area contributed by atoms with E-state index in [4.69, 9.17) is 8.84 Å². The molecule has 0 N–H and O–H groups in total. The van der Waals surface area contributed by atoms with Crippen molar-refractivity contribution in [1.82, 2.24) is 0 Å². The fourth-order valence-electron chi connectivity index (χ4n) is 2.44. The monoisotopic (exact) mass is 274 g/mol. The standard InChI is InChI=1S/C16H22O2Si/c1-4-5-6-7-8-10-14-13-16(19(2,3)18-14)15-11-9-12-17-15/h4-6,9,11-14H,1,7-8,10H2,2-3H3/b6-5+. The van der Waals surface area contributed by atoms with Gasteiger partial charge >= 0.3 is 0 Å². The highest BCUT2D eigenvalue weighted by atomic mass is 28.4. The highest BCUT2D eigenvalue weighted by molar-refractivity contribution is 6.90. The molecule has 0 aromatic carbocycles. The zero-order chi connectivity index (χ0) is 13.7. The Hall–Kier alpha value is -1.32. The van der Waals surface area contributed by atoms with Gasteiger partial charge < -0.3 is 8.84 Å². The van der Waals surface area contributed by atoms with Gasteiger partial charge in [0.05, 0.1) is 12.4 Å². The van der Waals surface area contributed by atoms with Gasteiger partial charge in [0.1, 0.15) is 5.76 Å². The molecule has 19 heavy (non-hydrogen) atoms. The molecule has 0 fully saturated rings. The van der Waals surface area contributed by atoms with Crippen LogP contribution in [0, 0.1) is 0 Å². The zero-order valence-corrected chi connectivity index (χ0v) is 12.8. The molecular weight excluding hydrogens is 252 g/mol.